The molecule has 0 saturated carbocycles. The number of hydrogen-bond acceptors (Lipinski definition) is 12. The van der Waals surface area contributed by atoms with E-state index in [-0.39, 0.29) is 72.0 Å². The third-order valence-corrected chi connectivity index (χ3v) is 10.1. The largest absolute Gasteiger partial charge is 0.462 e. The summed E-state index contributed by atoms with van der Waals surface area (Å²) >= 11 is 0. The van der Waals surface area contributed by atoms with Gasteiger partial charge < -0.3 is 28.4 Å². The molecule has 0 aliphatic rings. The zero-order chi connectivity index (χ0) is 50.1. The maximum absolute atomic E-state index is 14.8. The molecular formula is C55H55FO12. The number of carbonyl (C=O) groups is 6. The normalized spacial score (nSPS) is 11.8. The maximum Gasteiger partial charge on any atom is 0.338 e. The number of hydrogen-bond donors (Lipinski definition) is 0. The Kier molecular flexibility index (Phi) is 19.5. The molecule has 4 aromatic carbocycles. The molecule has 0 aromatic heterocycles. The number of carbonyl (C=O) groups excluding carboxylic acids is 6. The Morgan fingerprint density at radius 2 is 0.956 bits per heavy atom. The lowest BCUT2D eigenvalue weighted by atomic mass is 9.97. The fourth-order valence-electron chi connectivity index (χ4n) is 6.03. The summed E-state index contributed by atoms with van der Waals surface area (Å²) in [6.07, 6.45) is 1.80. The van der Waals surface area contributed by atoms with Crippen LogP contribution < -0.4 is 9.47 Å². The summed E-state index contributed by atoms with van der Waals surface area (Å²) in [5.74, 6) is -5.41. The topological polar surface area (TPSA) is 158 Å². The van der Waals surface area contributed by atoms with Crippen LogP contribution in [0, 0.1) is 11.7 Å². The van der Waals surface area contributed by atoms with Crippen molar-refractivity contribution in [2.24, 2.45) is 5.92 Å². The summed E-state index contributed by atoms with van der Waals surface area (Å²) < 4.78 is 47.1. The molecule has 68 heavy (non-hydrogen) atoms. The van der Waals surface area contributed by atoms with Crippen LogP contribution in [0.3, 0.4) is 0 Å². The van der Waals surface area contributed by atoms with Crippen LogP contribution in [-0.4, -0.2) is 62.2 Å². The molecule has 0 spiro atoms. The van der Waals surface area contributed by atoms with Crippen LogP contribution in [0.5, 0.6) is 11.5 Å². The fraction of sp³-hybridized carbons (Fsp3) is 0.236. The van der Waals surface area contributed by atoms with Gasteiger partial charge in [0, 0.05) is 39.4 Å². The Balaban J connectivity index is 1.35. The van der Waals surface area contributed by atoms with Gasteiger partial charge in [0.2, 0.25) is 0 Å². The van der Waals surface area contributed by atoms with Gasteiger partial charge in [-0.1, -0.05) is 106 Å². The first-order valence-electron chi connectivity index (χ1n) is 21.4. The van der Waals surface area contributed by atoms with Gasteiger partial charge in [0.05, 0.1) is 19.1 Å². The summed E-state index contributed by atoms with van der Waals surface area (Å²) in [5.41, 5.74) is 5.57. The summed E-state index contributed by atoms with van der Waals surface area (Å²) in [5, 5.41) is 0. The summed E-state index contributed by atoms with van der Waals surface area (Å²) in [6, 6.07) is 25.8. The highest BCUT2D eigenvalue weighted by molar-refractivity contribution is 5.91. The quantitative estimate of drug-likeness (QED) is 0.0301. The molecule has 13 heteroatoms. The van der Waals surface area contributed by atoms with Gasteiger partial charge in [-0.15, -0.1) is 0 Å². The van der Waals surface area contributed by atoms with E-state index in [2.05, 4.69) is 32.9 Å². The van der Waals surface area contributed by atoms with E-state index in [0.717, 1.165) is 22.3 Å². The lowest BCUT2D eigenvalue weighted by Crippen LogP contribution is -2.23. The van der Waals surface area contributed by atoms with Gasteiger partial charge in [-0.05, 0) is 105 Å². The molecule has 354 valence electrons. The highest BCUT2D eigenvalue weighted by atomic mass is 19.1. The third kappa shape index (κ3) is 16.2. The fourth-order valence-corrected chi connectivity index (χ4v) is 6.03. The molecule has 0 aliphatic carbocycles. The Morgan fingerprint density at radius 1 is 0.515 bits per heavy atom. The van der Waals surface area contributed by atoms with Crippen molar-refractivity contribution in [2.45, 2.75) is 53.4 Å². The first-order chi connectivity index (χ1) is 32.2. The standard InChI is InChI=1S/C55H55FO12/c1-33(2)50(57)63-29-40(27-39-13-15-43(16-14-39)45-23-26-49(48(56)28-45)68-53(60)36(7)8)30-64-54(61)37(9)11-12-38(10)55(62)66-32-46(31-65-51(58)34(3)4)44-19-17-41(18-20-44)42-21-24-47(25-22-42)67-52(59)35(5)6/h11,13-26,28,40,46H,1,3,5,7,10,12,27,29-32H2,2,4,6,8-9H3/b37-11+. The Bertz CT molecular complexity index is 2620. The molecule has 0 radical (unpaired) electrons. The van der Waals surface area contributed by atoms with Crippen molar-refractivity contribution in [3.8, 4) is 33.8 Å². The summed E-state index contributed by atoms with van der Waals surface area (Å²) in [4.78, 5) is 74.5. The zero-order valence-corrected chi connectivity index (χ0v) is 38.9. The molecule has 2 atom stereocenters. The van der Waals surface area contributed by atoms with Crippen molar-refractivity contribution >= 4 is 35.8 Å². The number of benzene rings is 4. The van der Waals surface area contributed by atoms with E-state index in [9.17, 15) is 33.2 Å². The molecule has 0 fully saturated rings. The first-order valence-corrected chi connectivity index (χ1v) is 21.4. The average Bonchev–Trinajstić information content (AvgIpc) is 3.31. The van der Waals surface area contributed by atoms with E-state index < -0.39 is 53.5 Å². The maximum atomic E-state index is 14.8. The van der Waals surface area contributed by atoms with Gasteiger partial charge in [-0.25, -0.2) is 33.2 Å². The lowest BCUT2D eigenvalue weighted by molar-refractivity contribution is -0.145. The molecule has 0 bridgehead atoms. The van der Waals surface area contributed by atoms with Gasteiger partial charge >= 0.3 is 35.8 Å². The number of rotatable bonds is 23. The Hall–Kier alpha value is -7.93. The molecule has 0 saturated heterocycles. The smallest absolute Gasteiger partial charge is 0.338 e. The van der Waals surface area contributed by atoms with Crippen molar-refractivity contribution in [2.75, 3.05) is 26.4 Å². The van der Waals surface area contributed by atoms with Crippen molar-refractivity contribution in [1.82, 2.24) is 0 Å². The molecule has 0 heterocycles. The van der Waals surface area contributed by atoms with E-state index in [1.54, 1.807) is 49.4 Å². The molecule has 0 amide bonds. The summed E-state index contributed by atoms with van der Waals surface area (Å²) in [6.45, 7) is 25.3. The minimum absolute atomic E-state index is 0.0345. The number of ether oxygens (including phenoxy) is 6. The van der Waals surface area contributed by atoms with Gasteiger partial charge in [-0.3, -0.25) is 0 Å². The van der Waals surface area contributed by atoms with Crippen molar-refractivity contribution in [3.05, 3.63) is 180 Å². The minimum Gasteiger partial charge on any atom is -0.462 e. The number of esters is 6. The molecule has 0 aliphatic heterocycles. The van der Waals surface area contributed by atoms with Crippen LogP contribution in [0.25, 0.3) is 22.3 Å². The molecular weight excluding hydrogens is 872 g/mol. The highest BCUT2D eigenvalue weighted by Crippen LogP contribution is 2.29. The lowest BCUT2D eigenvalue weighted by Gasteiger charge is -2.19. The number of allylic oxidation sites excluding steroid dienone is 1. The van der Waals surface area contributed by atoms with E-state index >= 15 is 0 Å². The van der Waals surface area contributed by atoms with Crippen LogP contribution in [0.4, 0.5) is 4.39 Å². The van der Waals surface area contributed by atoms with E-state index in [0.29, 0.717) is 23.3 Å². The van der Waals surface area contributed by atoms with Crippen molar-refractivity contribution < 1.29 is 61.6 Å². The Labute approximate surface area is 396 Å². The van der Waals surface area contributed by atoms with Crippen LogP contribution in [-0.2, 0) is 54.1 Å². The van der Waals surface area contributed by atoms with Crippen molar-refractivity contribution in [3.63, 3.8) is 0 Å². The second-order valence-electron chi connectivity index (χ2n) is 16.2. The second kappa shape index (κ2) is 25.1. The molecule has 0 N–H and O–H groups in total. The average molecular weight is 927 g/mol. The van der Waals surface area contributed by atoms with Crippen molar-refractivity contribution in [1.29, 1.82) is 0 Å². The third-order valence-electron chi connectivity index (χ3n) is 10.1. The van der Waals surface area contributed by atoms with E-state index in [1.807, 2.05) is 36.4 Å². The van der Waals surface area contributed by atoms with Crippen LogP contribution >= 0.6 is 0 Å². The summed E-state index contributed by atoms with van der Waals surface area (Å²) in [7, 11) is 0. The van der Waals surface area contributed by atoms with Crippen LogP contribution in [0.2, 0.25) is 0 Å². The number of halogens is 1. The Morgan fingerprint density at radius 3 is 1.49 bits per heavy atom. The SMILES string of the molecule is C=C(C)C(=O)OCC(COC(=O)/C(C)=C/CC(=C)C(=O)OCC(COC(=O)C(=C)C)c1ccc(-c2ccc(OC(=O)C(=C)C)cc2)cc1)Cc1ccc(-c2ccc(OC(=O)C(=C)C)c(F)c2)cc1. The van der Waals surface area contributed by atoms with Crippen LogP contribution in [0.1, 0.15) is 58.1 Å². The van der Waals surface area contributed by atoms with E-state index in [1.165, 1.54) is 45.9 Å². The predicted octanol–water partition coefficient (Wildman–Crippen LogP) is 10.3. The van der Waals surface area contributed by atoms with Crippen LogP contribution in [0.15, 0.2) is 163 Å². The molecule has 4 aromatic rings. The van der Waals surface area contributed by atoms with Gasteiger partial charge in [0.15, 0.2) is 11.6 Å². The minimum atomic E-state index is -0.734. The first kappa shape index (κ1) is 52.7. The van der Waals surface area contributed by atoms with Gasteiger partial charge in [-0.2, -0.15) is 0 Å². The second-order valence-corrected chi connectivity index (χ2v) is 16.2. The van der Waals surface area contributed by atoms with E-state index in [4.69, 9.17) is 28.4 Å². The van der Waals surface area contributed by atoms with Gasteiger partial charge in [0.25, 0.3) is 0 Å². The molecule has 4 rings (SSSR count). The highest BCUT2D eigenvalue weighted by Gasteiger charge is 2.21. The monoisotopic (exact) mass is 926 g/mol. The van der Waals surface area contributed by atoms with Gasteiger partial charge in [0.1, 0.15) is 19.0 Å². The predicted molar refractivity (Wildman–Crippen MR) is 256 cm³/mol. The molecule has 12 nitrogen and oxygen atoms in total. The molecule has 2 unspecified atom stereocenters. The zero-order valence-electron chi connectivity index (χ0n) is 38.9.